The Bertz CT molecular complexity index is 403. The largest absolute Gasteiger partial charge is 0.468 e. The Balaban J connectivity index is 2.95. The van der Waals surface area contributed by atoms with Crippen LogP contribution in [0.3, 0.4) is 0 Å². The summed E-state index contributed by atoms with van der Waals surface area (Å²) >= 11 is 0. The van der Waals surface area contributed by atoms with Gasteiger partial charge in [-0.15, -0.1) is 0 Å². The van der Waals surface area contributed by atoms with Crippen molar-refractivity contribution >= 4 is 17.6 Å². The summed E-state index contributed by atoms with van der Waals surface area (Å²) in [6.45, 7) is 4.21. The van der Waals surface area contributed by atoms with Gasteiger partial charge in [0.15, 0.2) is 0 Å². The highest BCUT2D eigenvalue weighted by Gasteiger charge is 2.29. The molecule has 98 valence electrons. The molecule has 4 heteroatoms. The average molecular weight is 249 g/mol. The summed E-state index contributed by atoms with van der Waals surface area (Å²) in [4.78, 5) is 25.5. The second-order valence-corrected chi connectivity index (χ2v) is 3.90. The third kappa shape index (κ3) is 3.09. The highest BCUT2D eigenvalue weighted by atomic mass is 16.5. The van der Waals surface area contributed by atoms with Crippen molar-refractivity contribution in [3.05, 3.63) is 30.3 Å². The number of carbonyl (C=O) groups is 2. The van der Waals surface area contributed by atoms with E-state index < -0.39 is 11.9 Å². The summed E-state index contributed by atoms with van der Waals surface area (Å²) in [6.07, 6.45) is 0.439. The second-order valence-electron chi connectivity index (χ2n) is 3.90. The molecule has 1 aromatic carbocycles. The van der Waals surface area contributed by atoms with Gasteiger partial charge in [-0.1, -0.05) is 25.1 Å². The Kier molecular flexibility index (Phi) is 5.36. The minimum atomic E-state index is -0.727. The minimum Gasteiger partial charge on any atom is -0.468 e. The van der Waals surface area contributed by atoms with E-state index in [4.69, 9.17) is 0 Å². The van der Waals surface area contributed by atoms with E-state index in [-0.39, 0.29) is 5.91 Å². The molecule has 0 aliphatic heterocycles. The monoisotopic (exact) mass is 249 g/mol. The van der Waals surface area contributed by atoms with Crippen molar-refractivity contribution in [1.82, 2.24) is 0 Å². The number of ether oxygens (including phenoxy) is 1. The summed E-state index contributed by atoms with van der Waals surface area (Å²) in [5.74, 6) is -1.41. The van der Waals surface area contributed by atoms with Crippen molar-refractivity contribution in [2.75, 3.05) is 18.6 Å². The molecule has 1 aromatic rings. The lowest BCUT2D eigenvalue weighted by Crippen LogP contribution is -2.39. The average Bonchev–Trinajstić information content (AvgIpc) is 2.41. The predicted molar refractivity (Wildman–Crippen MR) is 70.3 cm³/mol. The fourth-order valence-corrected chi connectivity index (χ4v) is 1.85. The molecular formula is C14H19NO3. The number of nitrogens with zero attached hydrogens (tertiary/aromatic N) is 1. The molecule has 0 N–H and O–H groups in total. The maximum atomic E-state index is 12.3. The molecule has 1 atom stereocenters. The fourth-order valence-electron chi connectivity index (χ4n) is 1.85. The Labute approximate surface area is 108 Å². The zero-order valence-corrected chi connectivity index (χ0v) is 11.1. The number of para-hydroxylation sites is 1. The van der Waals surface area contributed by atoms with Crippen LogP contribution in [0.25, 0.3) is 0 Å². The Morgan fingerprint density at radius 2 is 1.83 bits per heavy atom. The molecule has 0 fully saturated rings. The number of rotatable bonds is 5. The maximum absolute atomic E-state index is 12.3. The van der Waals surface area contributed by atoms with Crippen LogP contribution >= 0.6 is 0 Å². The van der Waals surface area contributed by atoms with Gasteiger partial charge in [-0.3, -0.25) is 9.59 Å². The molecule has 1 unspecified atom stereocenters. The van der Waals surface area contributed by atoms with Gasteiger partial charge in [0, 0.05) is 12.2 Å². The first-order chi connectivity index (χ1) is 8.65. The lowest BCUT2D eigenvalue weighted by atomic mass is 10.0. The third-order valence-corrected chi connectivity index (χ3v) is 2.84. The van der Waals surface area contributed by atoms with Gasteiger partial charge in [-0.05, 0) is 25.5 Å². The number of amides is 1. The molecular weight excluding hydrogens is 230 g/mol. The van der Waals surface area contributed by atoms with Crippen LogP contribution in [0.15, 0.2) is 30.3 Å². The van der Waals surface area contributed by atoms with Crippen LogP contribution in [0.4, 0.5) is 5.69 Å². The molecule has 0 saturated heterocycles. The maximum Gasteiger partial charge on any atom is 0.318 e. The van der Waals surface area contributed by atoms with Gasteiger partial charge in [0.25, 0.3) is 0 Å². The van der Waals surface area contributed by atoms with Gasteiger partial charge in [0.1, 0.15) is 5.92 Å². The van der Waals surface area contributed by atoms with E-state index in [0.717, 1.165) is 5.69 Å². The van der Waals surface area contributed by atoms with Gasteiger partial charge in [-0.25, -0.2) is 0 Å². The molecule has 0 aromatic heterocycles. The number of esters is 1. The molecule has 0 saturated carbocycles. The molecule has 0 radical (unpaired) electrons. The van der Waals surface area contributed by atoms with Crippen molar-refractivity contribution in [3.8, 4) is 0 Å². The first-order valence-corrected chi connectivity index (χ1v) is 6.09. The van der Waals surface area contributed by atoms with Crippen LogP contribution < -0.4 is 4.90 Å². The van der Waals surface area contributed by atoms with Crippen molar-refractivity contribution in [2.45, 2.75) is 20.3 Å². The predicted octanol–water partition coefficient (Wildman–Crippen LogP) is 2.24. The van der Waals surface area contributed by atoms with Gasteiger partial charge in [0.05, 0.1) is 7.11 Å². The lowest BCUT2D eigenvalue weighted by molar-refractivity contribution is -0.149. The van der Waals surface area contributed by atoms with Crippen LogP contribution in [-0.4, -0.2) is 25.5 Å². The zero-order chi connectivity index (χ0) is 13.5. The standard InChI is InChI=1S/C14H19NO3/c1-4-12(14(17)18-3)13(16)15(5-2)11-9-7-6-8-10-11/h6-10,12H,4-5H2,1-3H3. The Morgan fingerprint density at radius 1 is 1.22 bits per heavy atom. The molecule has 1 amide bonds. The zero-order valence-electron chi connectivity index (χ0n) is 11.1. The number of anilines is 1. The molecule has 0 heterocycles. The van der Waals surface area contributed by atoms with E-state index in [1.807, 2.05) is 37.3 Å². The van der Waals surface area contributed by atoms with E-state index in [2.05, 4.69) is 4.74 Å². The first kappa shape index (κ1) is 14.2. The van der Waals surface area contributed by atoms with Crippen LogP contribution in [0.5, 0.6) is 0 Å². The smallest absolute Gasteiger partial charge is 0.318 e. The van der Waals surface area contributed by atoms with E-state index in [9.17, 15) is 9.59 Å². The molecule has 0 bridgehead atoms. The van der Waals surface area contributed by atoms with Crippen molar-refractivity contribution in [2.24, 2.45) is 5.92 Å². The highest BCUT2D eigenvalue weighted by Crippen LogP contribution is 2.18. The van der Waals surface area contributed by atoms with E-state index in [1.165, 1.54) is 7.11 Å². The van der Waals surface area contributed by atoms with Gasteiger partial charge < -0.3 is 9.64 Å². The van der Waals surface area contributed by atoms with Gasteiger partial charge in [0.2, 0.25) is 5.91 Å². The Hall–Kier alpha value is -1.84. The number of methoxy groups -OCH3 is 1. The summed E-state index contributed by atoms with van der Waals surface area (Å²) in [5.41, 5.74) is 0.798. The summed E-state index contributed by atoms with van der Waals surface area (Å²) in [5, 5.41) is 0. The molecule has 0 aliphatic carbocycles. The van der Waals surface area contributed by atoms with Gasteiger partial charge in [-0.2, -0.15) is 0 Å². The van der Waals surface area contributed by atoms with E-state index in [0.29, 0.717) is 13.0 Å². The van der Waals surface area contributed by atoms with Crippen molar-refractivity contribution < 1.29 is 14.3 Å². The molecule has 1 rings (SSSR count). The lowest BCUT2D eigenvalue weighted by Gasteiger charge is -2.24. The summed E-state index contributed by atoms with van der Waals surface area (Å²) in [6, 6.07) is 9.32. The molecule has 4 nitrogen and oxygen atoms in total. The van der Waals surface area contributed by atoms with Gasteiger partial charge >= 0.3 is 5.97 Å². The van der Waals surface area contributed by atoms with Crippen LogP contribution in [0.1, 0.15) is 20.3 Å². The second kappa shape index (κ2) is 6.79. The first-order valence-electron chi connectivity index (χ1n) is 6.09. The number of benzene rings is 1. The molecule has 18 heavy (non-hydrogen) atoms. The van der Waals surface area contributed by atoms with E-state index in [1.54, 1.807) is 11.8 Å². The third-order valence-electron chi connectivity index (χ3n) is 2.84. The molecule has 0 spiro atoms. The van der Waals surface area contributed by atoms with Crippen LogP contribution in [0, 0.1) is 5.92 Å². The quantitative estimate of drug-likeness (QED) is 0.594. The summed E-state index contributed by atoms with van der Waals surface area (Å²) in [7, 11) is 1.30. The molecule has 0 aliphatic rings. The fraction of sp³-hybridized carbons (Fsp3) is 0.429. The van der Waals surface area contributed by atoms with Crippen molar-refractivity contribution in [1.29, 1.82) is 0 Å². The topological polar surface area (TPSA) is 46.6 Å². The summed E-state index contributed by atoms with van der Waals surface area (Å²) < 4.78 is 4.67. The van der Waals surface area contributed by atoms with E-state index >= 15 is 0 Å². The minimum absolute atomic E-state index is 0.210. The number of carbonyl (C=O) groups excluding carboxylic acids is 2. The van der Waals surface area contributed by atoms with Crippen LogP contribution in [-0.2, 0) is 14.3 Å². The number of hydrogen-bond acceptors (Lipinski definition) is 3. The number of hydrogen-bond donors (Lipinski definition) is 0. The van der Waals surface area contributed by atoms with Crippen LogP contribution in [0.2, 0.25) is 0 Å². The SMILES string of the molecule is CCC(C(=O)OC)C(=O)N(CC)c1ccccc1. The normalized spacial score (nSPS) is 11.7. The van der Waals surface area contributed by atoms with Crippen molar-refractivity contribution in [3.63, 3.8) is 0 Å². The highest BCUT2D eigenvalue weighted by molar-refractivity contribution is 6.06. The Morgan fingerprint density at radius 3 is 2.28 bits per heavy atom.